The lowest BCUT2D eigenvalue weighted by Gasteiger charge is -2.13. The first kappa shape index (κ1) is 19.6. The minimum absolute atomic E-state index is 0. The van der Waals surface area contributed by atoms with Gasteiger partial charge < -0.3 is 16.0 Å². The third kappa shape index (κ3) is 5.93. The van der Waals surface area contributed by atoms with Gasteiger partial charge in [-0.2, -0.15) is 0 Å². The minimum atomic E-state index is -0.0904. The van der Waals surface area contributed by atoms with E-state index in [4.69, 9.17) is 5.73 Å². The van der Waals surface area contributed by atoms with Gasteiger partial charge in [-0.15, -0.1) is 36.2 Å². The highest BCUT2D eigenvalue weighted by Crippen LogP contribution is 2.09. The van der Waals surface area contributed by atoms with Crippen LogP contribution in [0.1, 0.15) is 34.8 Å². The van der Waals surface area contributed by atoms with Crippen LogP contribution in [-0.4, -0.2) is 42.0 Å². The Morgan fingerprint density at radius 2 is 2.10 bits per heavy atom. The summed E-state index contributed by atoms with van der Waals surface area (Å²) < 4.78 is 0. The molecule has 116 valence electrons. The molecule has 2 rings (SSSR count). The molecule has 0 unspecified atom stereocenters. The highest BCUT2D eigenvalue weighted by atomic mass is 35.5. The maximum Gasteiger partial charge on any atom is 0.270 e. The summed E-state index contributed by atoms with van der Waals surface area (Å²) in [6.45, 7) is 4.60. The van der Waals surface area contributed by atoms with Crippen LogP contribution in [0.25, 0.3) is 0 Å². The number of nitrogens with two attached hydrogens (primary N) is 1. The number of halogens is 2. The van der Waals surface area contributed by atoms with Crippen molar-refractivity contribution in [2.24, 2.45) is 5.73 Å². The molecule has 0 spiro atoms. The van der Waals surface area contributed by atoms with Crippen LogP contribution in [0.5, 0.6) is 0 Å². The van der Waals surface area contributed by atoms with Crippen LogP contribution in [0.4, 0.5) is 0 Å². The smallest absolute Gasteiger partial charge is 0.270 e. The zero-order valence-corrected chi connectivity index (χ0v) is 13.8. The fraction of sp³-hybridized carbons (Fsp3) is 0.667. The van der Waals surface area contributed by atoms with Gasteiger partial charge in [0.1, 0.15) is 10.7 Å². The summed E-state index contributed by atoms with van der Waals surface area (Å²) in [5.74, 6) is -0.0904. The number of nitrogens with zero attached hydrogens (tertiary/aromatic N) is 2. The monoisotopic (exact) mass is 340 g/mol. The van der Waals surface area contributed by atoms with Crippen LogP contribution in [0, 0.1) is 0 Å². The second-order valence-electron chi connectivity index (χ2n) is 4.49. The Morgan fingerprint density at radius 3 is 2.70 bits per heavy atom. The van der Waals surface area contributed by atoms with Crippen molar-refractivity contribution >= 4 is 42.1 Å². The van der Waals surface area contributed by atoms with E-state index in [0.717, 1.165) is 18.0 Å². The Labute approximate surface area is 136 Å². The van der Waals surface area contributed by atoms with Gasteiger partial charge in [-0.1, -0.05) is 0 Å². The number of carbonyl (C=O) groups excluding carboxylic acids is 1. The maximum absolute atomic E-state index is 11.7. The quantitative estimate of drug-likeness (QED) is 0.772. The molecule has 8 heteroatoms. The van der Waals surface area contributed by atoms with Gasteiger partial charge in [0, 0.05) is 18.5 Å². The van der Waals surface area contributed by atoms with Gasteiger partial charge in [-0.25, -0.2) is 4.98 Å². The first-order valence-electron chi connectivity index (χ1n) is 6.44. The lowest BCUT2D eigenvalue weighted by molar-refractivity contribution is 0.0947. The Morgan fingerprint density at radius 1 is 1.40 bits per heavy atom. The molecular formula is C12H22Cl2N4OS. The fourth-order valence-electron chi connectivity index (χ4n) is 2.11. The molecule has 3 N–H and O–H groups in total. The SMILES string of the molecule is Cl.Cl.NCc1nc(C(=O)NCCCN2CCCC2)cs1. The van der Waals surface area contributed by atoms with E-state index in [1.165, 1.54) is 37.3 Å². The first-order chi connectivity index (χ1) is 8.79. The second kappa shape index (κ2) is 10.3. The Hall–Kier alpha value is -0.400. The molecule has 0 saturated carbocycles. The van der Waals surface area contributed by atoms with E-state index in [1.807, 2.05) is 0 Å². The summed E-state index contributed by atoms with van der Waals surface area (Å²) in [4.78, 5) is 18.4. The topological polar surface area (TPSA) is 71.2 Å². The average molecular weight is 341 g/mol. The zero-order chi connectivity index (χ0) is 12.8. The number of carbonyl (C=O) groups is 1. The van der Waals surface area contributed by atoms with Crippen molar-refractivity contribution in [3.8, 4) is 0 Å². The molecular weight excluding hydrogens is 319 g/mol. The summed E-state index contributed by atoms with van der Waals surface area (Å²) in [6, 6.07) is 0. The Kier molecular flexibility index (Phi) is 10.1. The van der Waals surface area contributed by atoms with E-state index < -0.39 is 0 Å². The predicted molar refractivity (Wildman–Crippen MR) is 87.1 cm³/mol. The number of amides is 1. The lowest BCUT2D eigenvalue weighted by Crippen LogP contribution is -2.28. The average Bonchev–Trinajstić information content (AvgIpc) is 3.05. The van der Waals surface area contributed by atoms with E-state index in [-0.39, 0.29) is 30.7 Å². The van der Waals surface area contributed by atoms with Crippen molar-refractivity contribution in [1.82, 2.24) is 15.2 Å². The molecule has 1 aliphatic rings. The van der Waals surface area contributed by atoms with Crippen LogP contribution < -0.4 is 11.1 Å². The molecule has 0 aliphatic carbocycles. The lowest BCUT2D eigenvalue weighted by atomic mass is 10.3. The molecule has 1 fully saturated rings. The van der Waals surface area contributed by atoms with Crippen molar-refractivity contribution in [2.75, 3.05) is 26.2 Å². The van der Waals surface area contributed by atoms with Crippen molar-refractivity contribution < 1.29 is 4.79 Å². The highest BCUT2D eigenvalue weighted by Gasteiger charge is 2.12. The van der Waals surface area contributed by atoms with Gasteiger partial charge in [0.05, 0.1) is 0 Å². The van der Waals surface area contributed by atoms with Crippen molar-refractivity contribution in [1.29, 1.82) is 0 Å². The zero-order valence-electron chi connectivity index (χ0n) is 11.3. The van der Waals surface area contributed by atoms with E-state index in [0.29, 0.717) is 18.8 Å². The van der Waals surface area contributed by atoms with Crippen LogP contribution in [0.15, 0.2) is 5.38 Å². The molecule has 1 aromatic heterocycles. The molecule has 0 radical (unpaired) electrons. The van der Waals surface area contributed by atoms with E-state index in [1.54, 1.807) is 5.38 Å². The molecule has 0 atom stereocenters. The van der Waals surface area contributed by atoms with E-state index in [2.05, 4.69) is 15.2 Å². The van der Waals surface area contributed by atoms with Gasteiger partial charge in [-0.3, -0.25) is 4.79 Å². The number of likely N-dealkylation sites (tertiary alicyclic amines) is 1. The van der Waals surface area contributed by atoms with E-state index in [9.17, 15) is 4.79 Å². The van der Waals surface area contributed by atoms with Gasteiger partial charge in [0.2, 0.25) is 0 Å². The molecule has 1 amide bonds. The number of hydrogen-bond acceptors (Lipinski definition) is 5. The summed E-state index contributed by atoms with van der Waals surface area (Å²) in [6.07, 6.45) is 3.62. The summed E-state index contributed by atoms with van der Waals surface area (Å²) >= 11 is 1.43. The van der Waals surface area contributed by atoms with Crippen LogP contribution in [0.3, 0.4) is 0 Å². The fourth-order valence-corrected chi connectivity index (χ4v) is 2.76. The molecule has 0 aromatic carbocycles. The summed E-state index contributed by atoms with van der Waals surface area (Å²) in [7, 11) is 0. The largest absolute Gasteiger partial charge is 0.351 e. The van der Waals surface area contributed by atoms with Crippen LogP contribution >= 0.6 is 36.2 Å². The molecule has 2 heterocycles. The predicted octanol–water partition coefficient (Wildman–Crippen LogP) is 1.66. The number of hydrogen-bond donors (Lipinski definition) is 2. The van der Waals surface area contributed by atoms with E-state index >= 15 is 0 Å². The van der Waals surface area contributed by atoms with Gasteiger partial charge >= 0.3 is 0 Å². The number of thiazole rings is 1. The first-order valence-corrected chi connectivity index (χ1v) is 7.32. The Bertz CT molecular complexity index is 397. The molecule has 1 saturated heterocycles. The maximum atomic E-state index is 11.7. The second-order valence-corrected chi connectivity index (χ2v) is 5.43. The van der Waals surface area contributed by atoms with Gasteiger partial charge in [-0.05, 0) is 38.9 Å². The third-order valence-electron chi connectivity index (χ3n) is 3.09. The summed E-state index contributed by atoms with van der Waals surface area (Å²) in [5, 5.41) is 5.46. The van der Waals surface area contributed by atoms with Gasteiger partial charge in [0.15, 0.2) is 0 Å². The number of rotatable bonds is 6. The van der Waals surface area contributed by atoms with Crippen molar-refractivity contribution in [3.63, 3.8) is 0 Å². The highest BCUT2D eigenvalue weighted by molar-refractivity contribution is 7.09. The number of nitrogens with one attached hydrogen (secondary N) is 1. The summed E-state index contributed by atoms with van der Waals surface area (Å²) in [5.41, 5.74) is 5.95. The molecule has 1 aliphatic heterocycles. The third-order valence-corrected chi connectivity index (χ3v) is 3.97. The van der Waals surface area contributed by atoms with Crippen LogP contribution in [0.2, 0.25) is 0 Å². The van der Waals surface area contributed by atoms with Gasteiger partial charge in [0.25, 0.3) is 5.91 Å². The molecule has 20 heavy (non-hydrogen) atoms. The number of aromatic nitrogens is 1. The van der Waals surface area contributed by atoms with Crippen molar-refractivity contribution in [2.45, 2.75) is 25.8 Å². The Balaban J connectivity index is 0.00000180. The molecule has 5 nitrogen and oxygen atoms in total. The minimum Gasteiger partial charge on any atom is -0.351 e. The van der Waals surface area contributed by atoms with Crippen LogP contribution in [-0.2, 0) is 6.54 Å². The normalized spacial score (nSPS) is 14.4. The van der Waals surface area contributed by atoms with Crippen molar-refractivity contribution in [3.05, 3.63) is 16.1 Å². The molecule has 0 bridgehead atoms. The standard InChI is InChI=1S/C12H20N4OS.2ClH/c13-8-11-15-10(9-18-11)12(17)14-4-3-7-16-5-1-2-6-16;;/h9H,1-8,13H2,(H,14,17);2*1H. The molecule has 1 aromatic rings.